The van der Waals surface area contributed by atoms with Gasteiger partial charge in [-0.3, -0.25) is 4.79 Å². The van der Waals surface area contributed by atoms with Crippen LogP contribution in [0.1, 0.15) is 11.1 Å². The van der Waals surface area contributed by atoms with Gasteiger partial charge < -0.3 is 15.5 Å². The van der Waals surface area contributed by atoms with E-state index < -0.39 is 11.7 Å². The number of rotatable bonds is 1. The number of fused-ring (bicyclic) bond motifs is 1. The highest BCUT2D eigenvalue weighted by atomic mass is 19.4. The van der Waals surface area contributed by atoms with Gasteiger partial charge in [-0.25, -0.2) is 0 Å². The quantitative estimate of drug-likeness (QED) is 0.824. The second-order valence-electron chi connectivity index (χ2n) is 4.99. The summed E-state index contributed by atoms with van der Waals surface area (Å²) in [4.78, 5) is 13.0. The lowest BCUT2D eigenvalue weighted by Gasteiger charge is -2.32. The summed E-state index contributed by atoms with van der Waals surface area (Å²) in [5, 5.41) is 5.72. The molecule has 7 heteroatoms. The lowest BCUT2D eigenvalue weighted by atomic mass is 10.0. The van der Waals surface area contributed by atoms with E-state index in [1.807, 2.05) is 0 Å². The highest BCUT2D eigenvalue weighted by Crippen LogP contribution is 2.41. The number of nitrogens with one attached hydrogen (secondary N) is 2. The maximum atomic E-state index is 13.2. The Morgan fingerprint density at radius 3 is 2.50 bits per heavy atom. The molecule has 0 atom stereocenters. The van der Waals surface area contributed by atoms with Gasteiger partial charge in [-0.2, -0.15) is 13.2 Å². The van der Waals surface area contributed by atoms with Crippen molar-refractivity contribution in [1.29, 1.82) is 0 Å². The summed E-state index contributed by atoms with van der Waals surface area (Å²) in [6.45, 7) is 2.35. The lowest BCUT2D eigenvalue weighted by Crippen LogP contribution is -2.44. The molecule has 0 saturated carbocycles. The summed E-state index contributed by atoms with van der Waals surface area (Å²) < 4.78 is 39.7. The maximum Gasteiger partial charge on any atom is 0.418 e. The highest BCUT2D eigenvalue weighted by Gasteiger charge is 2.37. The van der Waals surface area contributed by atoms with Gasteiger partial charge in [-0.1, -0.05) is 0 Å². The normalized spacial score (nSPS) is 18.9. The smallest absolute Gasteiger partial charge is 0.368 e. The topological polar surface area (TPSA) is 44.4 Å². The van der Waals surface area contributed by atoms with E-state index in [0.29, 0.717) is 37.4 Å². The zero-order valence-corrected chi connectivity index (χ0v) is 10.7. The fraction of sp³-hybridized carbons (Fsp3) is 0.462. The molecule has 2 aliphatic rings. The highest BCUT2D eigenvalue weighted by molar-refractivity contribution is 6.00. The molecule has 1 amide bonds. The molecule has 3 rings (SSSR count). The van der Waals surface area contributed by atoms with Gasteiger partial charge in [0.25, 0.3) is 0 Å². The standard InChI is InChI=1S/C13H14F3N3O/c14-13(15,16)9-5-8-6-12(20)18-10(8)7-11(9)19-3-1-17-2-4-19/h5,7,17H,1-4,6H2,(H,18,20). The fourth-order valence-corrected chi connectivity index (χ4v) is 2.66. The van der Waals surface area contributed by atoms with Gasteiger partial charge in [0.15, 0.2) is 0 Å². The van der Waals surface area contributed by atoms with Crippen LogP contribution in [0.3, 0.4) is 0 Å². The number of hydrogen-bond acceptors (Lipinski definition) is 3. The molecule has 1 aromatic rings. The second-order valence-corrected chi connectivity index (χ2v) is 4.99. The third kappa shape index (κ3) is 2.33. The fourth-order valence-electron chi connectivity index (χ4n) is 2.66. The van der Waals surface area contributed by atoms with E-state index in [0.717, 1.165) is 6.07 Å². The molecule has 1 saturated heterocycles. The van der Waals surface area contributed by atoms with Crippen LogP contribution in [0.25, 0.3) is 0 Å². The van der Waals surface area contributed by atoms with E-state index in [4.69, 9.17) is 0 Å². The molecular formula is C13H14F3N3O. The minimum Gasteiger partial charge on any atom is -0.368 e. The van der Waals surface area contributed by atoms with Crippen LogP contribution >= 0.6 is 0 Å². The van der Waals surface area contributed by atoms with E-state index in [1.165, 1.54) is 6.07 Å². The number of benzene rings is 1. The van der Waals surface area contributed by atoms with Gasteiger partial charge in [0.1, 0.15) is 0 Å². The van der Waals surface area contributed by atoms with Crippen LogP contribution in [-0.4, -0.2) is 32.1 Å². The minimum absolute atomic E-state index is 0.0141. The molecule has 1 aromatic carbocycles. The summed E-state index contributed by atoms with van der Waals surface area (Å²) in [6, 6.07) is 2.55. The molecule has 0 spiro atoms. The molecule has 0 unspecified atom stereocenters. The first-order valence-corrected chi connectivity index (χ1v) is 6.45. The predicted molar refractivity (Wildman–Crippen MR) is 68.9 cm³/mol. The zero-order chi connectivity index (χ0) is 14.3. The second kappa shape index (κ2) is 4.66. The van der Waals surface area contributed by atoms with Crippen LogP contribution in [-0.2, 0) is 17.4 Å². The Balaban J connectivity index is 2.06. The average molecular weight is 285 g/mol. The summed E-state index contributed by atoms with van der Waals surface area (Å²) in [6.07, 6.45) is -4.40. The average Bonchev–Trinajstić information content (AvgIpc) is 2.76. The van der Waals surface area contributed by atoms with E-state index >= 15 is 0 Å². The SMILES string of the molecule is O=C1Cc2cc(C(F)(F)F)c(N3CCNCC3)cc2N1. The van der Waals surface area contributed by atoms with E-state index in [-0.39, 0.29) is 18.0 Å². The van der Waals surface area contributed by atoms with Crippen LogP contribution in [0, 0.1) is 0 Å². The Morgan fingerprint density at radius 2 is 1.85 bits per heavy atom. The number of anilines is 2. The summed E-state index contributed by atoms with van der Waals surface area (Å²) in [5.41, 5.74) is 0.410. The minimum atomic E-state index is -4.42. The first-order valence-electron chi connectivity index (χ1n) is 6.45. The summed E-state index contributed by atoms with van der Waals surface area (Å²) in [7, 11) is 0. The Hall–Kier alpha value is -1.76. The monoisotopic (exact) mass is 285 g/mol. The Morgan fingerprint density at radius 1 is 1.15 bits per heavy atom. The molecule has 0 radical (unpaired) electrons. The Bertz CT molecular complexity index is 551. The number of carbonyl (C=O) groups is 1. The van der Waals surface area contributed by atoms with Gasteiger partial charge in [0.2, 0.25) is 5.91 Å². The van der Waals surface area contributed by atoms with Gasteiger partial charge >= 0.3 is 6.18 Å². The van der Waals surface area contributed by atoms with Crippen LogP contribution in [0.4, 0.5) is 24.5 Å². The number of carbonyl (C=O) groups excluding carboxylic acids is 1. The first-order chi connectivity index (χ1) is 9.45. The molecule has 108 valence electrons. The third-order valence-corrected chi connectivity index (χ3v) is 3.61. The van der Waals surface area contributed by atoms with Crippen molar-refractivity contribution in [2.75, 3.05) is 36.4 Å². The van der Waals surface area contributed by atoms with Gasteiger partial charge in [0, 0.05) is 31.9 Å². The molecule has 2 N–H and O–H groups in total. The van der Waals surface area contributed by atoms with Gasteiger partial charge in [0.05, 0.1) is 17.7 Å². The molecule has 0 aliphatic carbocycles. The molecule has 4 nitrogen and oxygen atoms in total. The van der Waals surface area contributed by atoms with Crippen molar-refractivity contribution in [1.82, 2.24) is 5.32 Å². The van der Waals surface area contributed by atoms with Crippen LogP contribution in [0.5, 0.6) is 0 Å². The zero-order valence-electron chi connectivity index (χ0n) is 10.7. The molecule has 1 fully saturated rings. The third-order valence-electron chi connectivity index (χ3n) is 3.61. The van der Waals surface area contributed by atoms with Crippen molar-refractivity contribution in [2.45, 2.75) is 12.6 Å². The number of alkyl halides is 3. The molecule has 2 aliphatic heterocycles. The first kappa shape index (κ1) is 13.2. The number of nitrogens with zero attached hydrogens (tertiary/aromatic N) is 1. The van der Waals surface area contributed by atoms with Crippen LogP contribution in [0.15, 0.2) is 12.1 Å². The number of piperazine rings is 1. The molecule has 0 aromatic heterocycles. The van der Waals surface area contributed by atoms with Gasteiger partial charge in [-0.05, 0) is 17.7 Å². The van der Waals surface area contributed by atoms with Crippen molar-refractivity contribution < 1.29 is 18.0 Å². The van der Waals surface area contributed by atoms with Crippen LogP contribution < -0.4 is 15.5 Å². The molecule has 0 bridgehead atoms. The molecular weight excluding hydrogens is 271 g/mol. The predicted octanol–water partition coefficient (Wildman–Crippen LogP) is 1.61. The summed E-state index contributed by atoms with van der Waals surface area (Å²) >= 11 is 0. The van der Waals surface area contributed by atoms with Crippen molar-refractivity contribution in [3.05, 3.63) is 23.3 Å². The lowest BCUT2D eigenvalue weighted by molar-refractivity contribution is -0.137. The largest absolute Gasteiger partial charge is 0.418 e. The van der Waals surface area contributed by atoms with E-state index in [9.17, 15) is 18.0 Å². The Labute approximate surface area is 113 Å². The van der Waals surface area contributed by atoms with Crippen molar-refractivity contribution in [3.63, 3.8) is 0 Å². The Kier molecular flexibility index (Phi) is 3.08. The maximum absolute atomic E-state index is 13.2. The molecule has 2 heterocycles. The molecule has 20 heavy (non-hydrogen) atoms. The van der Waals surface area contributed by atoms with Crippen LogP contribution in [0.2, 0.25) is 0 Å². The van der Waals surface area contributed by atoms with Crippen molar-refractivity contribution in [2.24, 2.45) is 0 Å². The van der Waals surface area contributed by atoms with E-state index in [1.54, 1.807) is 4.90 Å². The van der Waals surface area contributed by atoms with Crippen molar-refractivity contribution >= 4 is 17.3 Å². The van der Waals surface area contributed by atoms with E-state index in [2.05, 4.69) is 10.6 Å². The summed E-state index contributed by atoms with van der Waals surface area (Å²) in [5.74, 6) is -0.259. The number of halogens is 3. The van der Waals surface area contributed by atoms with Crippen molar-refractivity contribution in [3.8, 4) is 0 Å². The number of amides is 1. The number of hydrogen-bond donors (Lipinski definition) is 2. The van der Waals surface area contributed by atoms with Gasteiger partial charge in [-0.15, -0.1) is 0 Å².